The highest BCUT2D eigenvalue weighted by Gasteiger charge is 2.40. The minimum atomic E-state index is -0.526. The highest BCUT2D eigenvalue weighted by atomic mass is 35.5. The maximum absolute atomic E-state index is 12.6. The molecule has 1 aromatic rings. The minimum Gasteiger partial charge on any atom is -0.444 e. The molecule has 1 amide bonds. The van der Waals surface area contributed by atoms with Gasteiger partial charge in [0.15, 0.2) is 0 Å². The summed E-state index contributed by atoms with van der Waals surface area (Å²) in [5.41, 5.74) is 1.38. The summed E-state index contributed by atoms with van der Waals surface area (Å²) in [4.78, 5) is 14.4. The van der Waals surface area contributed by atoms with Crippen molar-refractivity contribution in [2.75, 3.05) is 13.2 Å². The van der Waals surface area contributed by atoms with Crippen LogP contribution >= 0.6 is 23.2 Å². The second-order valence-electron chi connectivity index (χ2n) is 7.14. The number of carbonyl (C=O) groups is 1. The van der Waals surface area contributed by atoms with Gasteiger partial charge in [0.2, 0.25) is 0 Å². The summed E-state index contributed by atoms with van der Waals surface area (Å²) in [7, 11) is 0. The maximum atomic E-state index is 12.6. The zero-order valence-electron chi connectivity index (χ0n) is 14.0. The normalized spacial score (nSPS) is 23.7. The van der Waals surface area contributed by atoms with E-state index in [1.807, 2.05) is 45.0 Å². The summed E-state index contributed by atoms with van der Waals surface area (Å²) in [6.07, 6.45) is 2.35. The van der Waals surface area contributed by atoms with Crippen molar-refractivity contribution in [2.24, 2.45) is 0 Å². The van der Waals surface area contributed by atoms with E-state index in [0.717, 1.165) is 11.1 Å². The van der Waals surface area contributed by atoms with Crippen LogP contribution in [0.25, 0.3) is 5.57 Å². The molecule has 1 aromatic carbocycles. The van der Waals surface area contributed by atoms with Gasteiger partial charge >= 0.3 is 6.09 Å². The molecule has 6 heteroatoms. The van der Waals surface area contributed by atoms with Gasteiger partial charge in [-0.2, -0.15) is 0 Å². The van der Waals surface area contributed by atoms with Crippen LogP contribution in [0.3, 0.4) is 0 Å². The third-order valence-corrected chi connectivity index (χ3v) is 4.72. The van der Waals surface area contributed by atoms with Gasteiger partial charge in [-0.15, -0.1) is 0 Å². The second kappa shape index (κ2) is 6.58. The van der Waals surface area contributed by atoms with Crippen LogP contribution in [0, 0.1) is 0 Å². The van der Waals surface area contributed by atoms with Gasteiger partial charge in [0.05, 0.1) is 25.3 Å². The summed E-state index contributed by atoms with van der Waals surface area (Å²) in [5, 5.41) is 1.25. The molecule has 0 spiro atoms. The molecule has 0 radical (unpaired) electrons. The zero-order valence-corrected chi connectivity index (χ0v) is 15.5. The van der Waals surface area contributed by atoms with Crippen molar-refractivity contribution in [3.05, 3.63) is 39.9 Å². The Labute approximate surface area is 152 Å². The highest BCUT2D eigenvalue weighted by Crippen LogP contribution is 2.39. The van der Waals surface area contributed by atoms with Gasteiger partial charge in [-0.1, -0.05) is 35.3 Å². The van der Waals surface area contributed by atoms with Crippen molar-refractivity contribution in [3.63, 3.8) is 0 Å². The Morgan fingerprint density at radius 2 is 1.92 bits per heavy atom. The van der Waals surface area contributed by atoms with E-state index in [-0.39, 0.29) is 18.2 Å². The number of rotatable bonds is 1. The van der Waals surface area contributed by atoms with E-state index in [4.69, 9.17) is 32.7 Å². The molecule has 0 saturated carbocycles. The second-order valence-corrected chi connectivity index (χ2v) is 7.95. The summed E-state index contributed by atoms with van der Waals surface area (Å²) in [6.45, 7) is 6.53. The lowest BCUT2D eigenvalue weighted by molar-refractivity contribution is -0.0510. The Bertz CT molecular complexity index is 661. The maximum Gasteiger partial charge on any atom is 0.411 e. The fourth-order valence-electron chi connectivity index (χ4n) is 3.19. The highest BCUT2D eigenvalue weighted by molar-refractivity contribution is 6.37. The Balaban J connectivity index is 1.92. The van der Waals surface area contributed by atoms with Crippen molar-refractivity contribution < 1.29 is 14.3 Å². The average molecular weight is 370 g/mol. The molecular formula is C18H21Cl2NO3. The standard InChI is InChI=1S/C18H21Cl2NO3/c1-18(2,3)24-17(22)21-12-7-11(8-13(21)10-23-9-12)16-14(19)5-4-6-15(16)20/h4-7,12-13H,8-10H2,1-3H3. The monoisotopic (exact) mass is 369 g/mol. The first kappa shape index (κ1) is 17.6. The molecule has 2 aliphatic rings. The van der Waals surface area contributed by atoms with Crippen LogP contribution in [0.5, 0.6) is 0 Å². The van der Waals surface area contributed by atoms with Gasteiger partial charge in [-0.25, -0.2) is 4.79 Å². The number of amides is 1. The molecule has 1 fully saturated rings. The van der Waals surface area contributed by atoms with E-state index in [0.29, 0.717) is 29.7 Å². The largest absolute Gasteiger partial charge is 0.444 e. The van der Waals surface area contributed by atoms with Crippen LogP contribution in [0.15, 0.2) is 24.3 Å². The summed E-state index contributed by atoms with van der Waals surface area (Å²) in [6, 6.07) is 5.24. The fourth-order valence-corrected chi connectivity index (χ4v) is 3.83. The lowest BCUT2D eigenvalue weighted by atomic mass is 9.90. The van der Waals surface area contributed by atoms with Crippen molar-refractivity contribution in [3.8, 4) is 0 Å². The molecule has 1 saturated heterocycles. The number of carbonyl (C=O) groups excluding carboxylic acids is 1. The quantitative estimate of drug-likeness (QED) is 0.714. The Kier molecular flexibility index (Phi) is 4.82. The smallest absolute Gasteiger partial charge is 0.411 e. The molecule has 2 bridgehead atoms. The SMILES string of the molecule is CC(C)(C)OC(=O)N1C2C=C(c3c(Cl)cccc3Cl)CC1COC2. The molecule has 0 N–H and O–H groups in total. The van der Waals surface area contributed by atoms with Crippen LogP contribution in [-0.2, 0) is 9.47 Å². The van der Waals surface area contributed by atoms with E-state index in [1.165, 1.54) is 0 Å². The van der Waals surface area contributed by atoms with E-state index in [1.54, 1.807) is 4.90 Å². The Hall–Kier alpha value is -1.23. The minimum absolute atomic E-state index is 0.0778. The molecule has 2 heterocycles. The predicted molar refractivity (Wildman–Crippen MR) is 95.5 cm³/mol. The summed E-state index contributed by atoms with van der Waals surface area (Å²) < 4.78 is 11.2. The Morgan fingerprint density at radius 1 is 1.25 bits per heavy atom. The first-order chi connectivity index (χ1) is 11.3. The number of hydrogen-bond donors (Lipinski definition) is 0. The van der Waals surface area contributed by atoms with Crippen molar-refractivity contribution in [1.82, 2.24) is 4.90 Å². The first-order valence-electron chi connectivity index (χ1n) is 8.00. The number of halogens is 2. The van der Waals surface area contributed by atoms with Crippen LogP contribution in [0.4, 0.5) is 4.79 Å². The number of fused-ring (bicyclic) bond motifs is 2. The first-order valence-corrected chi connectivity index (χ1v) is 8.76. The summed E-state index contributed by atoms with van der Waals surface area (Å²) in [5.74, 6) is 0. The van der Waals surface area contributed by atoms with Gasteiger partial charge in [0.1, 0.15) is 5.60 Å². The third-order valence-electron chi connectivity index (χ3n) is 4.09. The number of benzene rings is 1. The van der Waals surface area contributed by atoms with Gasteiger partial charge in [-0.05, 0) is 44.9 Å². The lowest BCUT2D eigenvalue weighted by Gasteiger charge is -2.44. The molecule has 0 aromatic heterocycles. The summed E-state index contributed by atoms with van der Waals surface area (Å²) >= 11 is 12.7. The van der Waals surface area contributed by atoms with Crippen LogP contribution in [0.1, 0.15) is 32.8 Å². The van der Waals surface area contributed by atoms with Crippen molar-refractivity contribution in [2.45, 2.75) is 44.9 Å². The molecule has 3 rings (SSSR count). The van der Waals surface area contributed by atoms with E-state index in [2.05, 4.69) is 0 Å². The van der Waals surface area contributed by atoms with E-state index >= 15 is 0 Å². The molecular weight excluding hydrogens is 349 g/mol. The van der Waals surface area contributed by atoms with E-state index in [9.17, 15) is 4.79 Å². The molecule has 130 valence electrons. The zero-order chi connectivity index (χ0) is 17.5. The van der Waals surface area contributed by atoms with Crippen LogP contribution < -0.4 is 0 Å². The fraction of sp³-hybridized carbons (Fsp3) is 0.500. The average Bonchev–Trinajstić information content (AvgIpc) is 2.44. The van der Waals surface area contributed by atoms with Gasteiger partial charge in [-0.3, -0.25) is 4.90 Å². The van der Waals surface area contributed by atoms with Gasteiger partial charge < -0.3 is 9.47 Å². The number of ether oxygens (including phenoxy) is 2. The van der Waals surface area contributed by atoms with Crippen molar-refractivity contribution in [1.29, 1.82) is 0 Å². The molecule has 2 aliphatic heterocycles. The van der Waals surface area contributed by atoms with Gasteiger partial charge in [0.25, 0.3) is 0 Å². The number of nitrogens with zero attached hydrogens (tertiary/aromatic N) is 1. The van der Waals surface area contributed by atoms with Crippen LogP contribution in [0.2, 0.25) is 10.0 Å². The lowest BCUT2D eigenvalue weighted by Crippen LogP contribution is -2.57. The molecule has 4 nitrogen and oxygen atoms in total. The third kappa shape index (κ3) is 3.56. The number of morpholine rings is 1. The van der Waals surface area contributed by atoms with Crippen LogP contribution in [-0.4, -0.2) is 41.9 Å². The predicted octanol–water partition coefficient (Wildman–Crippen LogP) is 4.79. The topological polar surface area (TPSA) is 38.8 Å². The van der Waals surface area contributed by atoms with Crippen molar-refractivity contribution >= 4 is 34.9 Å². The van der Waals surface area contributed by atoms with Gasteiger partial charge in [0, 0.05) is 15.6 Å². The van der Waals surface area contributed by atoms with E-state index < -0.39 is 5.60 Å². The molecule has 2 unspecified atom stereocenters. The Morgan fingerprint density at radius 3 is 2.50 bits per heavy atom. The molecule has 0 aliphatic carbocycles. The molecule has 24 heavy (non-hydrogen) atoms. The molecule has 2 atom stereocenters. The number of hydrogen-bond acceptors (Lipinski definition) is 3.